The Balaban J connectivity index is 2.12. The summed E-state index contributed by atoms with van der Waals surface area (Å²) in [4.78, 5) is 27.0. The molecule has 1 unspecified atom stereocenters. The summed E-state index contributed by atoms with van der Waals surface area (Å²) in [5.74, 6) is -0.0973. The maximum absolute atomic E-state index is 12.9. The first kappa shape index (κ1) is 23.0. The summed E-state index contributed by atoms with van der Waals surface area (Å²) in [7, 11) is 0. The molecule has 0 radical (unpaired) electrons. The average molecular weight is 437 g/mol. The van der Waals surface area contributed by atoms with Crippen LogP contribution in [-0.4, -0.2) is 35.9 Å². The molecule has 0 aliphatic heterocycles. The van der Waals surface area contributed by atoms with Crippen LogP contribution in [0, 0.1) is 0 Å². The first-order chi connectivity index (χ1) is 13.9. The van der Waals surface area contributed by atoms with Crippen molar-refractivity contribution in [3.8, 4) is 5.75 Å². The van der Waals surface area contributed by atoms with E-state index in [1.54, 1.807) is 43.3 Å². The van der Waals surface area contributed by atoms with Gasteiger partial charge in [0.25, 0.3) is 5.91 Å². The first-order valence-corrected chi connectivity index (χ1v) is 10.4. The van der Waals surface area contributed by atoms with Gasteiger partial charge in [0.2, 0.25) is 5.91 Å². The number of unbranched alkanes of at least 4 members (excludes halogenated alkanes) is 1. The molecule has 0 spiro atoms. The van der Waals surface area contributed by atoms with E-state index < -0.39 is 6.04 Å². The Bertz CT molecular complexity index is 829. The van der Waals surface area contributed by atoms with Crippen LogP contribution in [0.4, 0.5) is 0 Å². The van der Waals surface area contributed by atoms with Crippen molar-refractivity contribution in [2.75, 3.05) is 13.2 Å². The summed E-state index contributed by atoms with van der Waals surface area (Å²) in [5, 5.41) is 3.87. The molecule has 0 saturated heterocycles. The maximum atomic E-state index is 12.9. The van der Waals surface area contributed by atoms with Gasteiger partial charge in [-0.15, -0.1) is 0 Å². The summed E-state index contributed by atoms with van der Waals surface area (Å²) in [5.41, 5.74) is 0.830. The topological polar surface area (TPSA) is 58.6 Å². The van der Waals surface area contributed by atoms with E-state index in [0.29, 0.717) is 22.3 Å². The lowest BCUT2D eigenvalue weighted by atomic mass is 10.1. The van der Waals surface area contributed by atoms with E-state index in [4.69, 9.17) is 27.9 Å². The number of amides is 2. The number of halogens is 2. The number of rotatable bonds is 10. The average Bonchev–Trinajstić information content (AvgIpc) is 2.71. The van der Waals surface area contributed by atoms with E-state index in [1.165, 1.54) is 4.90 Å². The van der Waals surface area contributed by atoms with Crippen LogP contribution in [0.15, 0.2) is 48.5 Å². The van der Waals surface area contributed by atoms with Crippen molar-refractivity contribution in [2.24, 2.45) is 0 Å². The molecule has 0 aliphatic rings. The number of nitrogens with zero attached hydrogens (tertiary/aromatic N) is 1. The first-order valence-electron chi connectivity index (χ1n) is 9.61. The Labute approximate surface area is 181 Å². The Kier molecular flexibility index (Phi) is 9.29. The Morgan fingerprint density at radius 3 is 2.59 bits per heavy atom. The number of ether oxygens (including phenoxy) is 1. The van der Waals surface area contributed by atoms with Crippen LogP contribution in [-0.2, 0) is 16.1 Å². The van der Waals surface area contributed by atoms with E-state index in [-0.39, 0.29) is 25.0 Å². The van der Waals surface area contributed by atoms with Crippen molar-refractivity contribution in [3.63, 3.8) is 0 Å². The van der Waals surface area contributed by atoms with Gasteiger partial charge in [0, 0.05) is 18.1 Å². The van der Waals surface area contributed by atoms with Gasteiger partial charge in [0.1, 0.15) is 11.8 Å². The van der Waals surface area contributed by atoms with Crippen LogP contribution in [0.5, 0.6) is 5.75 Å². The minimum absolute atomic E-state index is 0.202. The van der Waals surface area contributed by atoms with Gasteiger partial charge in [-0.2, -0.15) is 0 Å². The van der Waals surface area contributed by atoms with Gasteiger partial charge in [-0.05, 0) is 43.2 Å². The Hall–Kier alpha value is -2.24. The monoisotopic (exact) mass is 436 g/mol. The second-order valence-electron chi connectivity index (χ2n) is 6.69. The molecule has 2 rings (SSSR count). The second kappa shape index (κ2) is 11.7. The van der Waals surface area contributed by atoms with Crippen molar-refractivity contribution >= 4 is 35.0 Å². The molecule has 0 saturated carbocycles. The molecule has 5 nitrogen and oxygen atoms in total. The molecule has 0 bridgehead atoms. The third-order valence-corrected chi connectivity index (χ3v) is 4.97. The second-order valence-corrected chi connectivity index (χ2v) is 7.53. The molecule has 0 heterocycles. The normalized spacial score (nSPS) is 11.6. The van der Waals surface area contributed by atoms with E-state index >= 15 is 0 Å². The van der Waals surface area contributed by atoms with Gasteiger partial charge < -0.3 is 15.0 Å². The van der Waals surface area contributed by atoms with E-state index in [9.17, 15) is 9.59 Å². The van der Waals surface area contributed by atoms with Crippen LogP contribution in [0.2, 0.25) is 10.0 Å². The summed E-state index contributed by atoms with van der Waals surface area (Å²) < 4.78 is 5.59. The van der Waals surface area contributed by atoms with E-state index in [0.717, 1.165) is 18.4 Å². The lowest BCUT2D eigenvalue weighted by Gasteiger charge is -2.29. The van der Waals surface area contributed by atoms with Gasteiger partial charge in [-0.1, -0.05) is 60.8 Å². The molecule has 2 amide bonds. The zero-order valence-electron chi connectivity index (χ0n) is 16.7. The van der Waals surface area contributed by atoms with Gasteiger partial charge >= 0.3 is 0 Å². The molecule has 29 heavy (non-hydrogen) atoms. The van der Waals surface area contributed by atoms with Crippen molar-refractivity contribution in [1.82, 2.24) is 10.2 Å². The minimum atomic E-state index is -0.659. The summed E-state index contributed by atoms with van der Waals surface area (Å²) in [6, 6.07) is 13.5. The fourth-order valence-corrected chi connectivity index (χ4v) is 3.14. The van der Waals surface area contributed by atoms with Gasteiger partial charge in [0.15, 0.2) is 6.61 Å². The van der Waals surface area contributed by atoms with Crippen molar-refractivity contribution in [1.29, 1.82) is 0 Å². The highest BCUT2D eigenvalue weighted by atomic mass is 35.5. The SMILES string of the molecule is CCCCNC(=O)C(C)N(Cc1cccc(Cl)c1)C(=O)COc1ccccc1Cl. The van der Waals surface area contributed by atoms with Crippen molar-refractivity contribution in [3.05, 3.63) is 64.1 Å². The molecule has 0 aromatic heterocycles. The predicted octanol–water partition coefficient (Wildman–Crippen LogP) is 4.71. The molecule has 2 aromatic carbocycles. The Morgan fingerprint density at radius 1 is 1.14 bits per heavy atom. The third-order valence-electron chi connectivity index (χ3n) is 4.43. The van der Waals surface area contributed by atoms with E-state index in [1.807, 2.05) is 12.1 Å². The highest BCUT2D eigenvalue weighted by molar-refractivity contribution is 6.32. The smallest absolute Gasteiger partial charge is 0.261 e. The van der Waals surface area contributed by atoms with Crippen LogP contribution >= 0.6 is 23.2 Å². The summed E-state index contributed by atoms with van der Waals surface area (Å²) in [6.45, 7) is 4.36. The summed E-state index contributed by atoms with van der Waals surface area (Å²) >= 11 is 12.2. The third kappa shape index (κ3) is 7.26. The number of para-hydroxylation sites is 1. The number of benzene rings is 2. The minimum Gasteiger partial charge on any atom is -0.482 e. The van der Waals surface area contributed by atoms with Gasteiger partial charge in [0.05, 0.1) is 5.02 Å². The maximum Gasteiger partial charge on any atom is 0.261 e. The molecular formula is C22H26Cl2N2O3. The fourth-order valence-electron chi connectivity index (χ4n) is 2.73. The van der Waals surface area contributed by atoms with Crippen molar-refractivity contribution in [2.45, 2.75) is 39.3 Å². The quantitative estimate of drug-likeness (QED) is 0.548. The largest absolute Gasteiger partial charge is 0.482 e. The van der Waals surface area contributed by atoms with Gasteiger partial charge in [-0.25, -0.2) is 0 Å². The molecule has 2 aromatic rings. The predicted molar refractivity (Wildman–Crippen MR) is 116 cm³/mol. The lowest BCUT2D eigenvalue weighted by molar-refractivity contribution is -0.142. The number of carbonyl (C=O) groups is 2. The standard InChI is InChI=1S/C22H26Cl2N2O3/c1-3-4-12-25-22(28)16(2)26(14-17-8-7-9-18(23)13-17)21(27)15-29-20-11-6-5-10-19(20)24/h5-11,13,16H,3-4,12,14-15H2,1-2H3,(H,25,28). The Morgan fingerprint density at radius 2 is 1.90 bits per heavy atom. The molecule has 0 aliphatic carbocycles. The molecule has 0 fully saturated rings. The van der Waals surface area contributed by atoms with Crippen LogP contribution < -0.4 is 10.1 Å². The van der Waals surface area contributed by atoms with Crippen LogP contribution in [0.1, 0.15) is 32.3 Å². The number of nitrogens with one attached hydrogen (secondary N) is 1. The van der Waals surface area contributed by atoms with Crippen LogP contribution in [0.25, 0.3) is 0 Å². The highest BCUT2D eigenvalue weighted by Gasteiger charge is 2.26. The fraction of sp³-hybridized carbons (Fsp3) is 0.364. The molecule has 7 heteroatoms. The van der Waals surface area contributed by atoms with Crippen molar-refractivity contribution < 1.29 is 14.3 Å². The molecule has 1 atom stereocenters. The molecule has 1 N–H and O–H groups in total. The van der Waals surface area contributed by atoms with E-state index in [2.05, 4.69) is 12.2 Å². The lowest BCUT2D eigenvalue weighted by Crippen LogP contribution is -2.49. The number of hydrogen-bond acceptors (Lipinski definition) is 3. The number of carbonyl (C=O) groups excluding carboxylic acids is 2. The molecule has 156 valence electrons. The number of hydrogen-bond donors (Lipinski definition) is 1. The van der Waals surface area contributed by atoms with Crippen LogP contribution in [0.3, 0.4) is 0 Å². The zero-order chi connectivity index (χ0) is 21.2. The summed E-state index contributed by atoms with van der Waals surface area (Å²) in [6.07, 6.45) is 1.86. The molecular weight excluding hydrogens is 411 g/mol. The zero-order valence-corrected chi connectivity index (χ0v) is 18.2. The highest BCUT2D eigenvalue weighted by Crippen LogP contribution is 2.23. The van der Waals surface area contributed by atoms with Gasteiger partial charge in [-0.3, -0.25) is 9.59 Å².